The van der Waals surface area contributed by atoms with Gasteiger partial charge in [0, 0.05) is 23.2 Å². The van der Waals surface area contributed by atoms with E-state index < -0.39 is 22.2 Å². The third kappa shape index (κ3) is 1.15. The molecule has 0 aromatic heterocycles. The van der Waals surface area contributed by atoms with Crippen LogP contribution in [0.1, 0.15) is 40.5 Å². The van der Waals surface area contributed by atoms with Crippen LogP contribution in [0.5, 0.6) is 0 Å². The van der Waals surface area contributed by atoms with Crippen LogP contribution in [0, 0.1) is 16.7 Å². The Labute approximate surface area is 113 Å². The maximum Gasteiger partial charge on any atom is 0.172 e. The highest BCUT2D eigenvalue weighted by atomic mass is 16.7. The predicted molar refractivity (Wildman–Crippen MR) is 69.2 cm³/mol. The summed E-state index contributed by atoms with van der Waals surface area (Å²) in [5, 5.41) is 20.8. The van der Waals surface area contributed by atoms with Crippen LogP contribution in [-0.2, 0) is 9.53 Å². The minimum absolute atomic E-state index is 0.0514. The maximum atomic E-state index is 12.5. The van der Waals surface area contributed by atoms with Crippen molar-refractivity contribution in [1.29, 1.82) is 0 Å². The quantitative estimate of drug-likeness (QED) is 0.753. The monoisotopic (exact) mass is 266 g/mol. The van der Waals surface area contributed by atoms with Crippen molar-refractivity contribution in [1.82, 2.24) is 0 Å². The lowest BCUT2D eigenvalue weighted by atomic mass is 9.42. The second kappa shape index (κ2) is 3.30. The fraction of sp³-hybridized carbons (Fsp3) is 0.800. The van der Waals surface area contributed by atoms with Gasteiger partial charge in [0.25, 0.3) is 0 Å². The van der Waals surface area contributed by atoms with Crippen LogP contribution < -0.4 is 0 Å². The molecule has 106 valence electrons. The van der Waals surface area contributed by atoms with Crippen LogP contribution in [0.4, 0.5) is 0 Å². The van der Waals surface area contributed by atoms with Gasteiger partial charge >= 0.3 is 0 Å². The number of carbonyl (C=O) groups excluding carboxylic acids is 1. The van der Waals surface area contributed by atoms with E-state index in [2.05, 4.69) is 0 Å². The molecule has 3 fully saturated rings. The van der Waals surface area contributed by atoms with Crippen molar-refractivity contribution in [2.45, 2.75) is 51.9 Å². The molecule has 2 heterocycles. The lowest BCUT2D eigenvalue weighted by Gasteiger charge is -2.71. The summed E-state index contributed by atoms with van der Waals surface area (Å²) in [6, 6.07) is 0. The van der Waals surface area contributed by atoms with Gasteiger partial charge in [-0.05, 0) is 25.0 Å². The van der Waals surface area contributed by atoms with Gasteiger partial charge in [0.2, 0.25) is 0 Å². The zero-order valence-corrected chi connectivity index (χ0v) is 12.0. The minimum atomic E-state index is -1.34. The highest BCUT2D eigenvalue weighted by Gasteiger charge is 2.75. The van der Waals surface area contributed by atoms with Crippen LogP contribution in [0.3, 0.4) is 0 Å². The van der Waals surface area contributed by atoms with E-state index in [0.29, 0.717) is 12.8 Å². The Morgan fingerprint density at radius 2 is 2.00 bits per heavy atom. The highest BCUT2D eigenvalue weighted by Crippen LogP contribution is 2.69. The maximum absolute atomic E-state index is 12.5. The molecule has 1 saturated carbocycles. The number of hydrogen-bond donors (Lipinski definition) is 2. The van der Waals surface area contributed by atoms with E-state index in [1.807, 2.05) is 27.7 Å². The molecule has 2 N–H and O–H groups in total. The molecule has 2 aliphatic heterocycles. The number of carbonyl (C=O) groups is 1. The van der Waals surface area contributed by atoms with E-state index in [1.54, 1.807) is 6.08 Å². The van der Waals surface area contributed by atoms with E-state index in [1.165, 1.54) is 0 Å². The van der Waals surface area contributed by atoms with Crippen molar-refractivity contribution in [3.8, 4) is 0 Å². The summed E-state index contributed by atoms with van der Waals surface area (Å²) in [5.41, 5.74) is -1.29. The number of ether oxygens (including phenoxy) is 1. The first-order chi connectivity index (χ1) is 8.65. The topological polar surface area (TPSA) is 66.8 Å². The van der Waals surface area contributed by atoms with E-state index in [0.717, 1.165) is 5.57 Å². The smallest absolute Gasteiger partial charge is 0.172 e. The van der Waals surface area contributed by atoms with Crippen LogP contribution in [0.2, 0.25) is 0 Å². The molecule has 19 heavy (non-hydrogen) atoms. The van der Waals surface area contributed by atoms with E-state index >= 15 is 0 Å². The molecule has 4 atom stereocenters. The van der Waals surface area contributed by atoms with Crippen LogP contribution in [-0.4, -0.2) is 34.0 Å². The first-order valence-electron chi connectivity index (χ1n) is 6.91. The van der Waals surface area contributed by atoms with Crippen molar-refractivity contribution in [2.24, 2.45) is 16.7 Å². The molecule has 4 nitrogen and oxygen atoms in total. The average Bonchev–Trinajstić information content (AvgIpc) is 2.29. The minimum Gasteiger partial charge on any atom is -0.393 e. The largest absolute Gasteiger partial charge is 0.393 e. The molecule has 0 aromatic carbocycles. The summed E-state index contributed by atoms with van der Waals surface area (Å²) in [5.74, 6) is -1.61. The second-order valence-electron chi connectivity index (χ2n) is 7.17. The molecule has 0 aromatic rings. The third-order valence-corrected chi connectivity index (χ3v) is 6.12. The summed E-state index contributed by atoms with van der Waals surface area (Å²) < 4.78 is 6.04. The van der Waals surface area contributed by atoms with Gasteiger partial charge in [-0.1, -0.05) is 20.8 Å². The normalized spacial score (nSPS) is 51.2. The third-order valence-electron chi connectivity index (χ3n) is 6.12. The summed E-state index contributed by atoms with van der Waals surface area (Å²) in [6.07, 6.45) is 2.79. The van der Waals surface area contributed by atoms with Gasteiger partial charge in [-0.2, -0.15) is 0 Å². The number of rotatable bonds is 1. The molecule has 0 radical (unpaired) electrons. The fourth-order valence-electron chi connectivity index (χ4n) is 4.89. The van der Waals surface area contributed by atoms with Crippen molar-refractivity contribution in [3.05, 3.63) is 11.6 Å². The molecule has 4 aliphatic rings. The van der Waals surface area contributed by atoms with Crippen LogP contribution >= 0.6 is 0 Å². The zero-order valence-electron chi connectivity index (χ0n) is 12.0. The van der Waals surface area contributed by atoms with Gasteiger partial charge in [0.1, 0.15) is 5.60 Å². The number of hydrogen-bond acceptors (Lipinski definition) is 4. The highest BCUT2D eigenvalue weighted by molar-refractivity contribution is 5.96. The molecule has 2 aliphatic carbocycles. The molecule has 4 bridgehead atoms. The molecule has 0 amide bonds. The summed E-state index contributed by atoms with van der Waals surface area (Å²) in [7, 11) is 0. The summed E-state index contributed by atoms with van der Waals surface area (Å²) >= 11 is 0. The van der Waals surface area contributed by atoms with Gasteiger partial charge < -0.3 is 14.9 Å². The Bertz CT molecular complexity index is 494. The van der Waals surface area contributed by atoms with Crippen LogP contribution in [0.25, 0.3) is 0 Å². The lowest BCUT2D eigenvalue weighted by Crippen LogP contribution is -2.78. The lowest BCUT2D eigenvalue weighted by molar-refractivity contribution is -0.419. The zero-order chi connectivity index (χ0) is 14.3. The predicted octanol–water partition coefficient (Wildman–Crippen LogP) is 1.41. The number of aliphatic hydroxyl groups excluding tert-OH is 1. The number of fused-ring (bicyclic) bond motifs is 1. The van der Waals surface area contributed by atoms with Crippen LogP contribution in [0.15, 0.2) is 11.6 Å². The Hall–Kier alpha value is -0.710. The van der Waals surface area contributed by atoms with Crippen molar-refractivity contribution in [2.75, 3.05) is 6.61 Å². The number of aliphatic hydroxyl groups is 2. The SMILES string of the molecule is CC1=CC(=O)C2C(C)(C)C3(O)CCC2(C)C1(CO)O3. The molecule has 4 heteroatoms. The molecular formula is C15H22O4. The first kappa shape index (κ1) is 13.3. The van der Waals surface area contributed by atoms with Crippen molar-refractivity contribution >= 4 is 5.78 Å². The van der Waals surface area contributed by atoms with Gasteiger partial charge in [-0.15, -0.1) is 0 Å². The van der Waals surface area contributed by atoms with Gasteiger partial charge in [-0.3, -0.25) is 4.79 Å². The fourth-order valence-corrected chi connectivity index (χ4v) is 4.89. The van der Waals surface area contributed by atoms with E-state index in [4.69, 9.17) is 4.74 Å². The Morgan fingerprint density at radius 1 is 1.37 bits per heavy atom. The molecule has 4 rings (SSSR count). The number of ketones is 1. The van der Waals surface area contributed by atoms with Gasteiger partial charge in [0.15, 0.2) is 11.6 Å². The Balaban J connectivity index is 2.32. The van der Waals surface area contributed by atoms with Crippen molar-refractivity contribution in [3.63, 3.8) is 0 Å². The van der Waals surface area contributed by atoms with Gasteiger partial charge in [0.05, 0.1) is 6.61 Å². The molecule has 4 unspecified atom stereocenters. The summed E-state index contributed by atoms with van der Waals surface area (Å²) in [6.45, 7) is 7.41. The van der Waals surface area contributed by atoms with Crippen molar-refractivity contribution < 1.29 is 19.7 Å². The standard InChI is InChI=1S/C15H22O4/c1-9-7-10(17)11-12(2,3)15(18)6-5-13(11,4)14(9,8-16)19-15/h7,11,16,18H,5-6,8H2,1-4H3. The second-order valence-corrected chi connectivity index (χ2v) is 7.17. The number of allylic oxidation sites excluding steroid dienone is 1. The summed E-state index contributed by atoms with van der Waals surface area (Å²) in [4.78, 5) is 12.5. The van der Waals surface area contributed by atoms with Gasteiger partial charge in [-0.25, -0.2) is 0 Å². The van der Waals surface area contributed by atoms with E-state index in [-0.39, 0.29) is 18.3 Å². The molecule has 2 saturated heterocycles. The molecule has 0 spiro atoms. The van der Waals surface area contributed by atoms with E-state index in [9.17, 15) is 15.0 Å². The average molecular weight is 266 g/mol. The first-order valence-corrected chi connectivity index (χ1v) is 6.91. The Morgan fingerprint density at radius 3 is 2.58 bits per heavy atom. The Kier molecular flexibility index (Phi) is 2.31. The molecular weight excluding hydrogens is 244 g/mol.